The summed E-state index contributed by atoms with van der Waals surface area (Å²) in [5, 5.41) is 7.82. The lowest BCUT2D eigenvalue weighted by molar-refractivity contribution is 0.0746. The molecule has 1 aliphatic rings. The topological polar surface area (TPSA) is 73.9 Å². The molecular formula is C24H24N4O3S2. The summed E-state index contributed by atoms with van der Waals surface area (Å²) in [5.74, 6) is 0.552. The minimum absolute atomic E-state index is 0.0370. The molecule has 0 aliphatic carbocycles. The Balaban J connectivity index is 1.27. The van der Waals surface area contributed by atoms with E-state index in [1.807, 2.05) is 40.6 Å². The first-order valence-electron chi connectivity index (χ1n) is 10.5. The minimum atomic E-state index is -0.221. The second-order valence-electron chi connectivity index (χ2n) is 7.44. The molecule has 1 fully saturated rings. The third-order valence-corrected chi connectivity index (χ3v) is 6.44. The molecule has 2 aromatic carbocycles. The van der Waals surface area contributed by atoms with E-state index in [2.05, 4.69) is 15.5 Å². The van der Waals surface area contributed by atoms with Crippen molar-refractivity contribution in [2.45, 2.75) is 0 Å². The van der Waals surface area contributed by atoms with E-state index in [0.717, 1.165) is 30.2 Å². The molecule has 0 saturated carbocycles. The van der Waals surface area contributed by atoms with E-state index >= 15 is 0 Å². The fraction of sp³-hybridized carbons (Fsp3) is 0.208. The highest BCUT2D eigenvalue weighted by molar-refractivity contribution is 7.80. The van der Waals surface area contributed by atoms with E-state index in [0.29, 0.717) is 23.5 Å². The van der Waals surface area contributed by atoms with Crippen LogP contribution in [0.25, 0.3) is 0 Å². The lowest BCUT2D eigenvalue weighted by atomic mass is 10.1. The number of carbonyl (C=O) groups is 2. The van der Waals surface area contributed by atoms with E-state index in [1.165, 1.54) is 11.3 Å². The number of thiophene rings is 1. The van der Waals surface area contributed by atoms with Gasteiger partial charge in [-0.1, -0.05) is 6.07 Å². The van der Waals surface area contributed by atoms with Crippen LogP contribution in [0.3, 0.4) is 0 Å². The lowest BCUT2D eigenvalue weighted by Gasteiger charge is -2.36. The molecule has 4 rings (SSSR count). The summed E-state index contributed by atoms with van der Waals surface area (Å²) in [7, 11) is 1.61. The van der Waals surface area contributed by atoms with Crippen LogP contribution in [0.4, 0.5) is 11.4 Å². The number of hydrogen-bond donors (Lipinski definition) is 2. The predicted octanol–water partition coefficient (Wildman–Crippen LogP) is 3.85. The number of hydrogen-bond acceptors (Lipinski definition) is 6. The Kier molecular flexibility index (Phi) is 7.21. The lowest BCUT2D eigenvalue weighted by Crippen LogP contribution is -2.48. The number of amides is 2. The van der Waals surface area contributed by atoms with Crippen molar-refractivity contribution in [2.75, 3.05) is 43.5 Å². The molecule has 2 amide bonds. The Hall–Kier alpha value is -3.43. The highest BCUT2D eigenvalue weighted by atomic mass is 32.1. The van der Waals surface area contributed by atoms with Gasteiger partial charge in [-0.05, 0) is 72.2 Å². The van der Waals surface area contributed by atoms with E-state index in [9.17, 15) is 9.59 Å². The molecule has 3 aromatic rings. The van der Waals surface area contributed by atoms with Crippen LogP contribution in [0.2, 0.25) is 0 Å². The SMILES string of the molecule is COc1ccc(C(=O)N2CCN(c3ccc(NC(=S)NC(=O)c4cccs4)cc3)CC2)cc1. The van der Waals surface area contributed by atoms with Crippen molar-refractivity contribution in [3.05, 3.63) is 76.5 Å². The van der Waals surface area contributed by atoms with Crippen LogP contribution in [0, 0.1) is 0 Å². The normalized spacial score (nSPS) is 13.4. The number of benzene rings is 2. The van der Waals surface area contributed by atoms with Gasteiger partial charge in [0, 0.05) is 43.1 Å². The van der Waals surface area contributed by atoms with Crippen LogP contribution in [0.5, 0.6) is 5.75 Å². The molecule has 1 aliphatic heterocycles. The fourth-order valence-corrected chi connectivity index (χ4v) is 4.40. The Morgan fingerprint density at radius 1 is 0.970 bits per heavy atom. The van der Waals surface area contributed by atoms with Crippen molar-refractivity contribution < 1.29 is 14.3 Å². The van der Waals surface area contributed by atoms with E-state index in [1.54, 1.807) is 37.4 Å². The van der Waals surface area contributed by atoms with Crippen LogP contribution >= 0.6 is 23.6 Å². The van der Waals surface area contributed by atoms with Crippen molar-refractivity contribution in [1.29, 1.82) is 0 Å². The molecule has 0 radical (unpaired) electrons. The van der Waals surface area contributed by atoms with Crippen molar-refractivity contribution in [1.82, 2.24) is 10.2 Å². The average Bonchev–Trinajstić information content (AvgIpc) is 3.40. The molecule has 9 heteroatoms. The van der Waals surface area contributed by atoms with Gasteiger partial charge < -0.3 is 19.9 Å². The summed E-state index contributed by atoms with van der Waals surface area (Å²) in [5.41, 5.74) is 2.54. The maximum Gasteiger partial charge on any atom is 0.267 e. The zero-order valence-corrected chi connectivity index (χ0v) is 19.7. The summed E-state index contributed by atoms with van der Waals surface area (Å²) in [4.78, 5) is 29.6. The molecule has 7 nitrogen and oxygen atoms in total. The third-order valence-electron chi connectivity index (χ3n) is 5.37. The number of nitrogens with one attached hydrogen (secondary N) is 2. The van der Waals surface area contributed by atoms with Crippen molar-refractivity contribution in [2.24, 2.45) is 0 Å². The number of methoxy groups -OCH3 is 1. The van der Waals surface area contributed by atoms with Gasteiger partial charge in [-0.3, -0.25) is 14.9 Å². The first-order valence-corrected chi connectivity index (χ1v) is 11.8. The highest BCUT2D eigenvalue weighted by Gasteiger charge is 2.22. The average molecular weight is 481 g/mol. The monoisotopic (exact) mass is 480 g/mol. The number of ether oxygens (including phenoxy) is 1. The first kappa shape index (κ1) is 22.8. The van der Waals surface area contributed by atoms with Gasteiger partial charge in [0.25, 0.3) is 11.8 Å². The largest absolute Gasteiger partial charge is 0.497 e. The molecule has 0 atom stereocenters. The van der Waals surface area contributed by atoms with Crippen LogP contribution < -0.4 is 20.3 Å². The van der Waals surface area contributed by atoms with E-state index < -0.39 is 0 Å². The Bertz CT molecular complexity index is 1110. The summed E-state index contributed by atoms with van der Waals surface area (Å²) in [6.45, 7) is 2.82. The van der Waals surface area contributed by atoms with Gasteiger partial charge in [0.15, 0.2) is 5.11 Å². The highest BCUT2D eigenvalue weighted by Crippen LogP contribution is 2.21. The summed E-state index contributed by atoms with van der Waals surface area (Å²) in [6, 6.07) is 18.6. The zero-order valence-electron chi connectivity index (χ0n) is 18.1. The first-order chi connectivity index (χ1) is 16.0. The Morgan fingerprint density at radius 2 is 1.67 bits per heavy atom. The van der Waals surface area contributed by atoms with Gasteiger partial charge in [-0.2, -0.15) is 0 Å². The maximum absolute atomic E-state index is 12.8. The Labute approximate surface area is 202 Å². The summed E-state index contributed by atoms with van der Waals surface area (Å²) >= 11 is 6.61. The standard InChI is InChI=1S/C24H24N4O3S2/c1-31-20-10-4-17(5-11-20)23(30)28-14-12-27(13-15-28)19-8-6-18(7-9-19)25-24(32)26-22(29)21-3-2-16-33-21/h2-11,16H,12-15H2,1H3,(H2,25,26,29,32). The number of carbonyl (C=O) groups excluding carboxylic acids is 2. The number of anilines is 2. The molecule has 2 N–H and O–H groups in total. The molecule has 1 aromatic heterocycles. The van der Waals surface area contributed by atoms with Crippen LogP contribution in [-0.4, -0.2) is 55.1 Å². The van der Waals surface area contributed by atoms with Crippen LogP contribution in [-0.2, 0) is 0 Å². The fourth-order valence-electron chi connectivity index (χ4n) is 3.57. The predicted molar refractivity (Wildman–Crippen MR) is 136 cm³/mol. The second-order valence-corrected chi connectivity index (χ2v) is 8.80. The van der Waals surface area contributed by atoms with E-state index in [4.69, 9.17) is 17.0 Å². The number of thiocarbonyl (C=S) groups is 1. The van der Waals surface area contributed by atoms with Gasteiger partial charge >= 0.3 is 0 Å². The molecule has 0 unspecified atom stereocenters. The zero-order chi connectivity index (χ0) is 23.2. The molecule has 2 heterocycles. The number of nitrogens with zero attached hydrogens (tertiary/aromatic N) is 2. The minimum Gasteiger partial charge on any atom is -0.497 e. The van der Waals surface area contributed by atoms with Gasteiger partial charge in [0.1, 0.15) is 5.75 Å². The van der Waals surface area contributed by atoms with Gasteiger partial charge in [0.05, 0.1) is 12.0 Å². The molecule has 0 spiro atoms. The van der Waals surface area contributed by atoms with Crippen LogP contribution in [0.15, 0.2) is 66.0 Å². The van der Waals surface area contributed by atoms with Crippen LogP contribution in [0.1, 0.15) is 20.0 Å². The Morgan fingerprint density at radius 3 is 2.27 bits per heavy atom. The second kappa shape index (κ2) is 10.5. The van der Waals surface area contributed by atoms with Crippen molar-refractivity contribution in [3.63, 3.8) is 0 Å². The molecule has 33 heavy (non-hydrogen) atoms. The third kappa shape index (κ3) is 5.68. The van der Waals surface area contributed by atoms with Gasteiger partial charge in [-0.15, -0.1) is 11.3 Å². The van der Waals surface area contributed by atoms with Gasteiger partial charge in [-0.25, -0.2) is 0 Å². The summed E-state index contributed by atoms with van der Waals surface area (Å²) in [6.07, 6.45) is 0. The van der Waals surface area contributed by atoms with E-state index in [-0.39, 0.29) is 16.9 Å². The van der Waals surface area contributed by atoms with Crippen molar-refractivity contribution in [3.8, 4) is 5.75 Å². The smallest absolute Gasteiger partial charge is 0.267 e. The van der Waals surface area contributed by atoms with Crippen molar-refractivity contribution >= 4 is 51.9 Å². The number of piperazine rings is 1. The number of rotatable bonds is 5. The molecule has 170 valence electrons. The molecular weight excluding hydrogens is 456 g/mol. The maximum atomic E-state index is 12.8. The molecule has 1 saturated heterocycles. The molecule has 0 bridgehead atoms. The summed E-state index contributed by atoms with van der Waals surface area (Å²) < 4.78 is 5.16. The van der Waals surface area contributed by atoms with Gasteiger partial charge in [0.2, 0.25) is 0 Å². The quantitative estimate of drug-likeness (QED) is 0.541.